The quantitative estimate of drug-likeness (QED) is 0.199. The predicted octanol–water partition coefficient (Wildman–Crippen LogP) is 14.5. The maximum absolute atomic E-state index is 12.6. The van der Waals surface area contributed by atoms with Crippen LogP contribution in [0.5, 0.6) is 0 Å². The zero-order valence-electron chi connectivity index (χ0n) is 31.4. The van der Waals surface area contributed by atoms with E-state index in [4.69, 9.17) is 0 Å². The highest BCUT2D eigenvalue weighted by atomic mass is 19.1. The number of halogens is 1. The van der Waals surface area contributed by atoms with E-state index < -0.39 is 0 Å². The fourth-order valence-corrected chi connectivity index (χ4v) is 3.61. The van der Waals surface area contributed by atoms with Gasteiger partial charge in [0.2, 0.25) is 0 Å². The van der Waals surface area contributed by atoms with Crippen LogP contribution in [0.2, 0.25) is 0 Å². The third kappa shape index (κ3) is 32.6. The van der Waals surface area contributed by atoms with Crippen LogP contribution in [0.4, 0.5) is 4.39 Å². The van der Waals surface area contributed by atoms with Gasteiger partial charge in [-0.15, -0.1) is 0 Å². The Hall–Kier alpha value is -1.96. The first kappa shape index (κ1) is 49.7. The zero-order valence-corrected chi connectivity index (χ0v) is 31.4. The second kappa shape index (κ2) is 39.0. The van der Waals surface area contributed by atoms with Gasteiger partial charge >= 0.3 is 0 Å². The van der Waals surface area contributed by atoms with Gasteiger partial charge in [-0.2, -0.15) is 0 Å². The molecule has 248 valence electrons. The molecule has 0 aromatic heterocycles. The molecular formula is C40H75FO. The van der Waals surface area contributed by atoms with Crippen molar-refractivity contribution < 1.29 is 9.18 Å². The average molecular weight is 591 g/mol. The van der Waals surface area contributed by atoms with Crippen molar-refractivity contribution in [2.45, 2.75) is 175 Å². The van der Waals surface area contributed by atoms with Gasteiger partial charge in [0.1, 0.15) is 5.82 Å². The minimum atomic E-state index is -0.116. The molecule has 2 aromatic carbocycles. The summed E-state index contributed by atoms with van der Waals surface area (Å²) in [7, 11) is 0. The predicted molar refractivity (Wildman–Crippen MR) is 194 cm³/mol. The number of ketones is 1. The minimum absolute atomic E-state index is 0.116. The molecular weight excluding hydrogens is 515 g/mol. The van der Waals surface area contributed by atoms with E-state index in [1.807, 2.05) is 66.7 Å². The monoisotopic (exact) mass is 591 g/mol. The maximum atomic E-state index is 12.6. The number of hydrogen-bond acceptors (Lipinski definition) is 1. The van der Waals surface area contributed by atoms with Gasteiger partial charge in [0.15, 0.2) is 5.78 Å². The van der Waals surface area contributed by atoms with Crippen LogP contribution in [-0.2, 0) is 6.42 Å². The molecule has 0 N–H and O–H groups in total. The van der Waals surface area contributed by atoms with Crippen LogP contribution in [0.3, 0.4) is 0 Å². The van der Waals surface area contributed by atoms with Crippen LogP contribution in [0.25, 0.3) is 0 Å². The summed E-state index contributed by atoms with van der Waals surface area (Å²) >= 11 is 0. The molecule has 0 radical (unpaired) electrons. The normalized spacial score (nSPS) is 9.55. The molecule has 0 saturated heterocycles. The molecule has 0 fully saturated rings. The molecule has 0 aliphatic carbocycles. The Morgan fingerprint density at radius 1 is 0.690 bits per heavy atom. The van der Waals surface area contributed by atoms with E-state index in [1.165, 1.54) is 68.6 Å². The molecule has 1 unspecified atom stereocenters. The second-order valence-corrected chi connectivity index (χ2v) is 10.1. The van der Waals surface area contributed by atoms with E-state index in [0.717, 1.165) is 29.9 Å². The number of Topliss-reactive ketones (excluding diaryl/α,β-unsaturated/α-hetero) is 1. The van der Waals surface area contributed by atoms with Crippen molar-refractivity contribution in [3.63, 3.8) is 0 Å². The molecule has 0 heterocycles. The summed E-state index contributed by atoms with van der Waals surface area (Å²) in [5.74, 6) is 1.00. The lowest BCUT2D eigenvalue weighted by molar-refractivity contribution is 0.101. The van der Waals surface area contributed by atoms with Crippen LogP contribution < -0.4 is 0 Å². The lowest BCUT2D eigenvalue weighted by atomic mass is 9.98. The third-order valence-electron chi connectivity index (χ3n) is 6.17. The number of carbonyl (C=O) groups is 1. The van der Waals surface area contributed by atoms with Crippen molar-refractivity contribution in [1.29, 1.82) is 0 Å². The summed E-state index contributed by atoms with van der Waals surface area (Å²) in [6.45, 7) is 32.7. The van der Waals surface area contributed by atoms with Gasteiger partial charge in [0, 0.05) is 5.56 Å². The van der Waals surface area contributed by atoms with Crippen LogP contribution in [0.1, 0.15) is 180 Å². The standard InChI is InChI=1S/C12H16O.C8H9F.2C7H16.3C2H6/c1-4-5-11-8-9(2)6-7-12(11)10(3)13;1-6-3-4-7(2)8(9)5-6;1-4-6-7(3)5-2;1-3-5-7-6-4-2;3*1-2/h6-8H,4-5H2,1-3H3;3-5H,1-2H3;7H,4-6H2,1-3H3;3-7H2,1-2H3;3*1-2H3. The summed E-state index contributed by atoms with van der Waals surface area (Å²) in [5, 5.41) is 0. The third-order valence-corrected chi connectivity index (χ3v) is 6.17. The zero-order chi connectivity index (χ0) is 33.9. The molecule has 0 amide bonds. The van der Waals surface area contributed by atoms with Gasteiger partial charge in [-0.3, -0.25) is 4.79 Å². The highest BCUT2D eigenvalue weighted by molar-refractivity contribution is 5.95. The van der Waals surface area contributed by atoms with Crippen LogP contribution in [-0.4, -0.2) is 5.78 Å². The summed E-state index contributed by atoms with van der Waals surface area (Å²) in [4.78, 5) is 11.3. The molecule has 0 spiro atoms. The number of unbranched alkanes of at least 4 members (excludes halogenated alkanes) is 4. The van der Waals surface area contributed by atoms with Crippen molar-refractivity contribution >= 4 is 5.78 Å². The van der Waals surface area contributed by atoms with E-state index in [0.29, 0.717) is 5.56 Å². The first-order valence-corrected chi connectivity index (χ1v) is 17.4. The number of hydrogen-bond donors (Lipinski definition) is 0. The molecule has 1 nitrogen and oxygen atoms in total. The van der Waals surface area contributed by atoms with Gasteiger partial charge in [-0.25, -0.2) is 4.39 Å². The molecule has 42 heavy (non-hydrogen) atoms. The maximum Gasteiger partial charge on any atom is 0.160 e. The SMILES string of the molecule is CC.CC.CC.CCCC(C)CC.CCCCCCC.CCCc1cc(C)ccc1C(C)=O.Cc1ccc(C)c(F)c1. The van der Waals surface area contributed by atoms with Gasteiger partial charge in [-0.05, 0) is 62.8 Å². The highest BCUT2D eigenvalue weighted by Gasteiger charge is 2.05. The Kier molecular flexibility index (Phi) is 46.2. The smallest absolute Gasteiger partial charge is 0.160 e. The van der Waals surface area contributed by atoms with Crippen LogP contribution >= 0.6 is 0 Å². The van der Waals surface area contributed by atoms with Crippen LogP contribution in [0, 0.1) is 32.5 Å². The molecule has 2 rings (SSSR count). The molecule has 0 aliphatic rings. The van der Waals surface area contributed by atoms with E-state index in [-0.39, 0.29) is 11.6 Å². The van der Waals surface area contributed by atoms with Gasteiger partial charge in [0.05, 0.1) is 0 Å². The number of aryl methyl sites for hydroxylation is 4. The minimum Gasteiger partial charge on any atom is -0.295 e. The Labute approximate surface area is 265 Å². The Morgan fingerprint density at radius 2 is 1.17 bits per heavy atom. The molecule has 1 atom stereocenters. The fourth-order valence-electron chi connectivity index (χ4n) is 3.61. The number of benzene rings is 2. The van der Waals surface area contributed by atoms with Gasteiger partial charge in [-0.1, -0.05) is 177 Å². The van der Waals surface area contributed by atoms with Crippen molar-refractivity contribution in [1.82, 2.24) is 0 Å². The molecule has 2 heteroatoms. The fraction of sp³-hybridized carbons (Fsp3) is 0.675. The van der Waals surface area contributed by atoms with Crippen LogP contribution in [0.15, 0.2) is 36.4 Å². The summed E-state index contributed by atoms with van der Waals surface area (Å²) in [5.41, 5.74) is 4.98. The van der Waals surface area contributed by atoms with E-state index >= 15 is 0 Å². The van der Waals surface area contributed by atoms with E-state index in [9.17, 15) is 9.18 Å². The Morgan fingerprint density at radius 3 is 1.50 bits per heavy atom. The number of rotatable bonds is 10. The summed E-state index contributed by atoms with van der Waals surface area (Å²) in [6.07, 6.45) is 13.2. The first-order valence-electron chi connectivity index (χ1n) is 17.4. The summed E-state index contributed by atoms with van der Waals surface area (Å²) < 4.78 is 12.6. The van der Waals surface area contributed by atoms with Crippen molar-refractivity contribution in [3.8, 4) is 0 Å². The first-order chi connectivity index (χ1) is 20.1. The highest BCUT2D eigenvalue weighted by Crippen LogP contribution is 2.14. The van der Waals surface area contributed by atoms with Crippen molar-refractivity contribution in [2.24, 2.45) is 5.92 Å². The van der Waals surface area contributed by atoms with Gasteiger partial charge in [0.25, 0.3) is 0 Å². The van der Waals surface area contributed by atoms with E-state index in [2.05, 4.69) is 54.5 Å². The second-order valence-electron chi connectivity index (χ2n) is 10.1. The Bertz CT molecular complexity index is 805. The van der Waals surface area contributed by atoms with Gasteiger partial charge < -0.3 is 0 Å². The topological polar surface area (TPSA) is 17.1 Å². The largest absolute Gasteiger partial charge is 0.295 e. The molecule has 0 aliphatic heterocycles. The molecule has 0 bridgehead atoms. The van der Waals surface area contributed by atoms with E-state index in [1.54, 1.807) is 19.9 Å². The average Bonchev–Trinajstić information content (AvgIpc) is 3.00. The lowest BCUT2D eigenvalue weighted by Crippen LogP contribution is -1.99. The summed E-state index contributed by atoms with van der Waals surface area (Å²) in [6, 6.07) is 11.3. The van der Waals surface area contributed by atoms with Crippen molar-refractivity contribution in [2.75, 3.05) is 0 Å². The molecule has 2 aromatic rings. The lowest BCUT2D eigenvalue weighted by Gasteiger charge is -2.06. The Balaban J connectivity index is -0.000000140. The molecule has 0 saturated carbocycles. The van der Waals surface area contributed by atoms with Crippen molar-refractivity contribution in [3.05, 3.63) is 70.0 Å². The number of carbonyl (C=O) groups excluding carboxylic acids is 1.